The van der Waals surface area contributed by atoms with Gasteiger partial charge in [0.25, 0.3) is 0 Å². The molecule has 0 saturated heterocycles. The lowest BCUT2D eigenvalue weighted by atomic mass is 10.2. The zero-order chi connectivity index (χ0) is 19.2. The monoisotopic (exact) mass is 386 g/mol. The Morgan fingerprint density at radius 2 is 1.88 bits per heavy atom. The first kappa shape index (κ1) is 19.5. The van der Waals surface area contributed by atoms with Crippen molar-refractivity contribution >= 4 is 27.2 Å². The van der Waals surface area contributed by atoms with Crippen molar-refractivity contribution in [3.63, 3.8) is 0 Å². The number of hydrogen-bond acceptors (Lipinski definition) is 8. The molecule has 1 aromatic carbocycles. The molecular weight excluding hydrogens is 368 g/mol. The van der Waals surface area contributed by atoms with E-state index in [2.05, 4.69) is 14.7 Å². The molecule has 0 aliphatic rings. The third-order valence-corrected chi connectivity index (χ3v) is 4.21. The van der Waals surface area contributed by atoms with Gasteiger partial charge in [0, 0.05) is 12.6 Å². The summed E-state index contributed by atoms with van der Waals surface area (Å²) in [7, 11) is -1.07. The summed E-state index contributed by atoms with van der Waals surface area (Å²) in [5.41, 5.74) is 0.596. The lowest BCUT2D eigenvalue weighted by Gasteiger charge is -2.11. The summed E-state index contributed by atoms with van der Waals surface area (Å²) in [5.74, 6) is 1.32. The van der Waals surface area contributed by atoms with Gasteiger partial charge in [-0.25, -0.2) is 19.5 Å². The smallest absolute Gasteiger partial charge is 0.419 e. The van der Waals surface area contributed by atoms with Crippen LogP contribution in [0.2, 0.25) is 0 Å². The second-order valence-electron chi connectivity index (χ2n) is 4.91. The van der Waals surface area contributed by atoms with Crippen LogP contribution >= 0.6 is 0 Å². The van der Waals surface area contributed by atoms with Gasteiger partial charge in [0.05, 0.1) is 31.7 Å². The molecule has 1 aromatic heterocycles. The van der Waals surface area contributed by atoms with E-state index in [1.807, 2.05) is 0 Å². The normalized spacial score (nSPS) is 11.2. The quantitative estimate of drug-likeness (QED) is 0.524. The first-order valence-corrected chi connectivity index (χ1v) is 8.84. The summed E-state index contributed by atoms with van der Waals surface area (Å²) in [5, 5.41) is 9.00. The Balaban J connectivity index is 2.00. The number of hydrogen-bond donors (Lipinski definition) is 3. The highest BCUT2D eigenvalue weighted by molar-refractivity contribution is 7.88. The predicted molar refractivity (Wildman–Crippen MR) is 90.8 cm³/mol. The molecule has 26 heavy (non-hydrogen) atoms. The van der Waals surface area contributed by atoms with Crippen molar-refractivity contribution in [1.29, 1.82) is 0 Å². The Morgan fingerprint density at radius 3 is 2.54 bits per heavy atom. The second kappa shape index (κ2) is 8.49. The maximum atomic E-state index is 11.3. The van der Waals surface area contributed by atoms with Gasteiger partial charge in [-0.3, -0.25) is 0 Å². The van der Waals surface area contributed by atoms with E-state index in [0.29, 0.717) is 34.7 Å². The van der Waals surface area contributed by atoms with Gasteiger partial charge >= 0.3 is 16.3 Å². The van der Waals surface area contributed by atoms with Gasteiger partial charge in [-0.2, -0.15) is 13.1 Å². The predicted octanol–water partition coefficient (Wildman–Crippen LogP) is 0.518. The number of fused-ring (bicyclic) bond motifs is 1. The van der Waals surface area contributed by atoms with Gasteiger partial charge < -0.3 is 19.3 Å². The standard InChI is InChI=1S/C14H18N4O7S/c1-23-11-6-9-10(7-12(11)24-2)15-8-16-13(9)25-5-3-4-17-26(21,22)18-14(19)20/h6-8,17-18H,3-5H2,1-2H3,(H,19,20). The Hall–Kier alpha value is -2.86. The number of methoxy groups -OCH3 is 2. The molecule has 0 aliphatic heterocycles. The summed E-state index contributed by atoms with van der Waals surface area (Å²) in [6.07, 6.45) is -0.0341. The minimum absolute atomic E-state index is 0.0111. The average Bonchev–Trinajstić information content (AvgIpc) is 2.59. The molecule has 142 valence electrons. The molecule has 0 atom stereocenters. The number of carbonyl (C=O) groups is 1. The molecule has 0 fully saturated rings. The van der Waals surface area contributed by atoms with Crippen LogP contribution < -0.4 is 23.7 Å². The number of carboxylic acid groups (broad SMARTS) is 1. The number of nitrogens with one attached hydrogen (secondary N) is 2. The van der Waals surface area contributed by atoms with Gasteiger partial charge in [-0.15, -0.1) is 0 Å². The van der Waals surface area contributed by atoms with E-state index in [4.69, 9.17) is 19.3 Å². The van der Waals surface area contributed by atoms with Crippen molar-refractivity contribution in [2.45, 2.75) is 6.42 Å². The Labute approximate surface area is 149 Å². The Kier molecular flexibility index (Phi) is 6.36. The molecule has 11 nitrogen and oxygen atoms in total. The topological polar surface area (TPSA) is 149 Å². The highest BCUT2D eigenvalue weighted by Gasteiger charge is 2.13. The van der Waals surface area contributed by atoms with Gasteiger partial charge in [-0.05, 0) is 12.5 Å². The molecule has 3 N–H and O–H groups in total. The number of amides is 1. The van der Waals surface area contributed by atoms with E-state index in [1.165, 1.54) is 25.3 Å². The summed E-state index contributed by atoms with van der Waals surface area (Å²) < 4.78 is 42.1. The highest BCUT2D eigenvalue weighted by Crippen LogP contribution is 2.34. The lowest BCUT2D eigenvalue weighted by Crippen LogP contribution is -2.40. The minimum Gasteiger partial charge on any atom is -0.493 e. The van der Waals surface area contributed by atoms with Crippen molar-refractivity contribution in [2.24, 2.45) is 0 Å². The number of nitrogens with zero attached hydrogens (tertiary/aromatic N) is 2. The van der Waals surface area contributed by atoms with Crippen molar-refractivity contribution < 1.29 is 32.5 Å². The zero-order valence-electron chi connectivity index (χ0n) is 14.1. The fourth-order valence-corrected chi connectivity index (χ4v) is 2.79. The molecule has 2 rings (SSSR count). The number of benzene rings is 1. The third kappa shape index (κ3) is 5.07. The van der Waals surface area contributed by atoms with Crippen LogP contribution in [0.15, 0.2) is 18.5 Å². The fourth-order valence-electron chi connectivity index (χ4n) is 2.07. The lowest BCUT2D eigenvalue weighted by molar-refractivity contribution is 0.201. The first-order chi connectivity index (χ1) is 12.4. The summed E-state index contributed by atoms with van der Waals surface area (Å²) >= 11 is 0. The first-order valence-electron chi connectivity index (χ1n) is 7.36. The van der Waals surface area contributed by atoms with E-state index < -0.39 is 16.3 Å². The van der Waals surface area contributed by atoms with Crippen LogP contribution in [0.1, 0.15) is 6.42 Å². The molecule has 12 heteroatoms. The number of ether oxygens (including phenoxy) is 3. The maximum absolute atomic E-state index is 11.3. The summed E-state index contributed by atoms with van der Waals surface area (Å²) in [6.45, 7) is 0.138. The zero-order valence-corrected chi connectivity index (χ0v) is 14.9. The van der Waals surface area contributed by atoms with E-state index in [-0.39, 0.29) is 13.2 Å². The molecule has 0 spiro atoms. The SMILES string of the molecule is COc1cc2ncnc(OCCCNS(=O)(=O)NC(=O)O)c2cc1OC. The summed E-state index contributed by atoms with van der Waals surface area (Å²) in [6, 6.07) is 3.37. The Bertz CT molecular complexity index is 888. The van der Waals surface area contributed by atoms with Crippen molar-refractivity contribution in [2.75, 3.05) is 27.4 Å². The fraction of sp³-hybridized carbons (Fsp3) is 0.357. The van der Waals surface area contributed by atoms with Crippen LogP contribution in [-0.2, 0) is 10.2 Å². The number of aromatic nitrogens is 2. The largest absolute Gasteiger partial charge is 0.493 e. The maximum Gasteiger partial charge on any atom is 0.419 e. The minimum atomic E-state index is -4.09. The second-order valence-corrected chi connectivity index (χ2v) is 6.41. The van der Waals surface area contributed by atoms with Crippen LogP contribution in [0.4, 0.5) is 4.79 Å². The molecule has 0 aliphatic carbocycles. The molecule has 2 aromatic rings. The average molecular weight is 386 g/mol. The van der Waals surface area contributed by atoms with Crippen LogP contribution in [-0.4, -0.2) is 57.0 Å². The molecule has 0 unspecified atom stereocenters. The molecule has 1 heterocycles. The van der Waals surface area contributed by atoms with Gasteiger partial charge in [-0.1, -0.05) is 0 Å². The third-order valence-electron chi connectivity index (χ3n) is 3.18. The molecule has 0 saturated carbocycles. The van der Waals surface area contributed by atoms with Crippen LogP contribution in [0, 0.1) is 0 Å². The molecule has 0 bridgehead atoms. The van der Waals surface area contributed by atoms with E-state index in [1.54, 1.807) is 12.1 Å². The van der Waals surface area contributed by atoms with Crippen LogP contribution in [0.25, 0.3) is 10.9 Å². The van der Waals surface area contributed by atoms with E-state index >= 15 is 0 Å². The van der Waals surface area contributed by atoms with E-state index in [9.17, 15) is 13.2 Å². The van der Waals surface area contributed by atoms with Gasteiger partial charge in [0.2, 0.25) is 5.88 Å². The van der Waals surface area contributed by atoms with Crippen LogP contribution in [0.3, 0.4) is 0 Å². The molecule has 0 radical (unpaired) electrons. The highest BCUT2D eigenvalue weighted by atomic mass is 32.2. The van der Waals surface area contributed by atoms with Gasteiger partial charge in [0.15, 0.2) is 11.5 Å². The van der Waals surface area contributed by atoms with E-state index in [0.717, 1.165) is 0 Å². The van der Waals surface area contributed by atoms with Crippen molar-refractivity contribution in [1.82, 2.24) is 19.4 Å². The Morgan fingerprint density at radius 1 is 1.19 bits per heavy atom. The van der Waals surface area contributed by atoms with Crippen LogP contribution in [0.5, 0.6) is 17.4 Å². The summed E-state index contributed by atoms with van der Waals surface area (Å²) in [4.78, 5) is 18.5. The van der Waals surface area contributed by atoms with Crippen molar-refractivity contribution in [3.05, 3.63) is 18.5 Å². The van der Waals surface area contributed by atoms with Gasteiger partial charge in [0.1, 0.15) is 6.33 Å². The van der Waals surface area contributed by atoms with Crippen molar-refractivity contribution in [3.8, 4) is 17.4 Å². The molecule has 1 amide bonds. The molecular formula is C14H18N4O7S. The number of rotatable bonds is 9.